The van der Waals surface area contributed by atoms with E-state index in [1.807, 2.05) is 32.0 Å². The smallest absolute Gasteiger partial charge is 0.338 e. The van der Waals surface area contributed by atoms with E-state index in [-0.39, 0.29) is 16.7 Å². The number of esters is 1. The first-order valence-corrected chi connectivity index (χ1v) is 10.9. The fourth-order valence-electron chi connectivity index (χ4n) is 3.58. The van der Waals surface area contributed by atoms with Gasteiger partial charge in [0.05, 0.1) is 22.4 Å². The van der Waals surface area contributed by atoms with Crippen molar-refractivity contribution < 1.29 is 23.9 Å². The minimum atomic E-state index is -1.08. The summed E-state index contributed by atoms with van der Waals surface area (Å²) in [6, 6.07) is 16.0. The van der Waals surface area contributed by atoms with Crippen molar-refractivity contribution in [2.75, 3.05) is 10.2 Å². The molecule has 4 rings (SSSR count). The summed E-state index contributed by atoms with van der Waals surface area (Å²) >= 11 is 5.89. The number of halogens is 1. The van der Waals surface area contributed by atoms with E-state index in [1.165, 1.54) is 25.1 Å². The molecular formula is C26H21ClN2O5. The van der Waals surface area contributed by atoms with Crippen LogP contribution in [0.4, 0.5) is 11.4 Å². The second kappa shape index (κ2) is 9.11. The predicted octanol–water partition coefficient (Wildman–Crippen LogP) is 4.94. The minimum absolute atomic E-state index is 0.0595. The second-order valence-electron chi connectivity index (χ2n) is 8.04. The summed E-state index contributed by atoms with van der Waals surface area (Å²) in [5, 5.41) is 3.23. The summed E-state index contributed by atoms with van der Waals surface area (Å²) in [7, 11) is 0. The molecule has 1 unspecified atom stereocenters. The quantitative estimate of drug-likeness (QED) is 0.416. The Bertz CT molecular complexity index is 1330. The normalized spacial score (nSPS) is 13.5. The SMILES string of the molecule is Cc1ccc(C)c(NC(=O)C(C)OC(=O)c2ccc3c(c2)C(=O)N(c2ccc(Cl)cc2)C3=O)c1. The number of nitrogens with one attached hydrogen (secondary N) is 1. The zero-order valence-electron chi connectivity index (χ0n) is 18.7. The number of ether oxygens (including phenoxy) is 1. The van der Waals surface area contributed by atoms with E-state index in [0.29, 0.717) is 16.4 Å². The Morgan fingerprint density at radius 1 is 0.912 bits per heavy atom. The van der Waals surface area contributed by atoms with E-state index in [2.05, 4.69) is 5.32 Å². The van der Waals surface area contributed by atoms with E-state index in [4.69, 9.17) is 16.3 Å². The molecule has 1 atom stereocenters. The molecule has 34 heavy (non-hydrogen) atoms. The summed E-state index contributed by atoms with van der Waals surface area (Å²) in [6.45, 7) is 5.23. The van der Waals surface area contributed by atoms with Crippen LogP contribution in [0.2, 0.25) is 5.02 Å². The van der Waals surface area contributed by atoms with Crippen LogP contribution in [-0.2, 0) is 9.53 Å². The molecule has 8 heteroatoms. The van der Waals surface area contributed by atoms with Crippen LogP contribution in [0.15, 0.2) is 60.7 Å². The second-order valence-corrected chi connectivity index (χ2v) is 8.47. The van der Waals surface area contributed by atoms with Gasteiger partial charge in [0.15, 0.2) is 6.10 Å². The molecule has 3 aromatic rings. The van der Waals surface area contributed by atoms with E-state index in [0.717, 1.165) is 16.0 Å². The lowest BCUT2D eigenvalue weighted by molar-refractivity contribution is -0.123. The summed E-state index contributed by atoms with van der Waals surface area (Å²) in [4.78, 5) is 51.9. The molecule has 0 saturated heterocycles. The van der Waals surface area contributed by atoms with Crippen LogP contribution in [-0.4, -0.2) is 29.8 Å². The number of fused-ring (bicyclic) bond motifs is 1. The van der Waals surface area contributed by atoms with Gasteiger partial charge < -0.3 is 10.1 Å². The maximum absolute atomic E-state index is 12.9. The predicted molar refractivity (Wildman–Crippen MR) is 128 cm³/mol. The number of carbonyl (C=O) groups excluding carboxylic acids is 4. The number of imide groups is 1. The van der Waals surface area contributed by atoms with Gasteiger partial charge in [0, 0.05) is 10.7 Å². The maximum atomic E-state index is 12.9. The first kappa shape index (κ1) is 23.2. The van der Waals surface area contributed by atoms with Gasteiger partial charge in [0.2, 0.25) is 0 Å². The van der Waals surface area contributed by atoms with Crippen molar-refractivity contribution in [3.05, 3.63) is 93.5 Å². The van der Waals surface area contributed by atoms with Crippen LogP contribution in [0.5, 0.6) is 0 Å². The van der Waals surface area contributed by atoms with Crippen LogP contribution < -0.4 is 10.2 Å². The molecule has 0 fully saturated rings. The Hall–Kier alpha value is -3.97. The Balaban J connectivity index is 1.49. The molecule has 1 heterocycles. The molecule has 0 aromatic heterocycles. The first-order chi connectivity index (χ1) is 16.2. The summed E-state index contributed by atoms with van der Waals surface area (Å²) < 4.78 is 5.31. The van der Waals surface area contributed by atoms with Crippen LogP contribution in [0, 0.1) is 13.8 Å². The van der Waals surface area contributed by atoms with Gasteiger partial charge in [-0.15, -0.1) is 0 Å². The molecule has 1 aliphatic rings. The molecule has 0 bridgehead atoms. The lowest BCUT2D eigenvalue weighted by atomic mass is 10.1. The van der Waals surface area contributed by atoms with E-state index in [1.54, 1.807) is 24.3 Å². The summed E-state index contributed by atoms with van der Waals surface area (Å²) in [5.74, 6) is -2.32. The van der Waals surface area contributed by atoms with Crippen molar-refractivity contribution >= 4 is 46.7 Å². The van der Waals surface area contributed by atoms with Crippen molar-refractivity contribution in [2.45, 2.75) is 26.9 Å². The molecule has 172 valence electrons. The molecule has 7 nitrogen and oxygen atoms in total. The highest BCUT2D eigenvalue weighted by atomic mass is 35.5. The molecule has 0 radical (unpaired) electrons. The molecule has 1 N–H and O–H groups in total. The van der Waals surface area contributed by atoms with Gasteiger partial charge in [-0.1, -0.05) is 23.7 Å². The van der Waals surface area contributed by atoms with Crippen molar-refractivity contribution in [3.63, 3.8) is 0 Å². The lowest BCUT2D eigenvalue weighted by Gasteiger charge is -2.15. The van der Waals surface area contributed by atoms with Crippen LogP contribution in [0.3, 0.4) is 0 Å². The number of aryl methyl sites for hydroxylation is 2. The number of anilines is 2. The molecular weight excluding hydrogens is 456 g/mol. The largest absolute Gasteiger partial charge is 0.449 e. The maximum Gasteiger partial charge on any atom is 0.338 e. The third-order valence-electron chi connectivity index (χ3n) is 5.51. The Morgan fingerprint density at radius 3 is 2.29 bits per heavy atom. The fraction of sp³-hybridized carbons (Fsp3) is 0.154. The van der Waals surface area contributed by atoms with Crippen molar-refractivity contribution in [1.29, 1.82) is 0 Å². The van der Waals surface area contributed by atoms with Gasteiger partial charge in [-0.25, -0.2) is 9.69 Å². The number of hydrogen-bond donors (Lipinski definition) is 1. The third-order valence-corrected chi connectivity index (χ3v) is 5.76. The highest BCUT2D eigenvalue weighted by Gasteiger charge is 2.37. The van der Waals surface area contributed by atoms with Gasteiger partial charge >= 0.3 is 5.97 Å². The van der Waals surface area contributed by atoms with Crippen LogP contribution in [0.25, 0.3) is 0 Å². The topological polar surface area (TPSA) is 92.8 Å². The van der Waals surface area contributed by atoms with E-state index < -0.39 is 29.8 Å². The van der Waals surface area contributed by atoms with Gasteiger partial charge in [0.1, 0.15) is 0 Å². The van der Waals surface area contributed by atoms with Gasteiger partial charge in [0.25, 0.3) is 17.7 Å². The van der Waals surface area contributed by atoms with Crippen LogP contribution >= 0.6 is 11.6 Å². The molecule has 3 amide bonds. The standard InChI is InChI=1S/C26H21ClN2O5/c1-14-4-5-15(2)22(12-14)28-23(30)16(3)34-26(33)17-6-11-20-21(13-17)25(32)29(24(20)31)19-9-7-18(27)8-10-19/h4-13,16H,1-3H3,(H,28,30). The fourth-order valence-corrected chi connectivity index (χ4v) is 3.71. The first-order valence-electron chi connectivity index (χ1n) is 10.5. The van der Waals surface area contributed by atoms with Crippen molar-refractivity contribution in [2.24, 2.45) is 0 Å². The highest BCUT2D eigenvalue weighted by Crippen LogP contribution is 2.30. The molecule has 1 aliphatic heterocycles. The Kier molecular flexibility index (Phi) is 6.22. The van der Waals surface area contributed by atoms with Crippen LogP contribution in [0.1, 0.15) is 49.1 Å². The Labute approximate surface area is 201 Å². The molecule has 3 aromatic carbocycles. The number of nitrogens with zero attached hydrogens (tertiary/aromatic N) is 1. The summed E-state index contributed by atoms with van der Waals surface area (Å²) in [5.41, 5.74) is 3.19. The van der Waals surface area contributed by atoms with E-state index >= 15 is 0 Å². The molecule has 0 saturated carbocycles. The average Bonchev–Trinajstić information content (AvgIpc) is 3.06. The zero-order valence-corrected chi connectivity index (χ0v) is 19.5. The number of rotatable bonds is 5. The average molecular weight is 477 g/mol. The van der Waals surface area contributed by atoms with Crippen molar-refractivity contribution in [1.82, 2.24) is 0 Å². The van der Waals surface area contributed by atoms with Gasteiger partial charge in [-0.05, 0) is 80.4 Å². The minimum Gasteiger partial charge on any atom is -0.449 e. The molecule has 0 spiro atoms. The van der Waals surface area contributed by atoms with E-state index in [9.17, 15) is 19.2 Å². The zero-order chi connectivity index (χ0) is 24.6. The third kappa shape index (κ3) is 4.43. The highest BCUT2D eigenvalue weighted by molar-refractivity contribution is 6.35. The monoisotopic (exact) mass is 476 g/mol. The van der Waals surface area contributed by atoms with Gasteiger partial charge in [-0.2, -0.15) is 0 Å². The Morgan fingerprint density at radius 2 is 1.59 bits per heavy atom. The number of amides is 3. The number of benzene rings is 3. The van der Waals surface area contributed by atoms with Crippen molar-refractivity contribution in [3.8, 4) is 0 Å². The summed E-state index contributed by atoms with van der Waals surface area (Å²) in [6.07, 6.45) is -1.08. The number of carbonyl (C=O) groups is 4. The molecule has 0 aliphatic carbocycles. The van der Waals surface area contributed by atoms with Gasteiger partial charge in [-0.3, -0.25) is 14.4 Å². The lowest BCUT2D eigenvalue weighted by Crippen LogP contribution is -2.30. The number of hydrogen-bond acceptors (Lipinski definition) is 5.